The number of methoxy groups -OCH3 is 1. The molecule has 0 saturated heterocycles. The van der Waals surface area contributed by atoms with E-state index in [0.29, 0.717) is 36.5 Å². The summed E-state index contributed by atoms with van der Waals surface area (Å²) in [6.45, 7) is 0. The molecule has 3 aliphatic carbocycles. The quantitative estimate of drug-likeness (QED) is 0.156. The molecular formula is C33H35F7N2O3. The highest BCUT2D eigenvalue weighted by atomic mass is 19.4. The van der Waals surface area contributed by atoms with Gasteiger partial charge in [-0.3, -0.25) is 9.59 Å². The van der Waals surface area contributed by atoms with Crippen LogP contribution in [0.1, 0.15) is 72.9 Å². The summed E-state index contributed by atoms with van der Waals surface area (Å²) >= 11 is 0. The number of carbonyl (C=O) groups excluding carboxylic acids is 2. The molecule has 2 N–H and O–H groups in total. The number of rotatable bonds is 10. The van der Waals surface area contributed by atoms with Gasteiger partial charge < -0.3 is 15.4 Å². The molecule has 3 saturated carbocycles. The van der Waals surface area contributed by atoms with E-state index in [0.717, 1.165) is 37.3 Å². The molecule has 4 unspecified atom stereocenters. The zero-order chi connectivity index (χ0) is 32.5. The summed E-state index contributed by atoms with van der Waals surface area (Å²) in [5, 5.41) is 5.54. The van der Waals surface area contributed by atoms with Crippen LogP contribution in [0.15, 0.2) is 48.0 Å². The molecule has 0 aliphatic heterocycles. The van der Waals surface area contributed by atoms with Crippen LogP contribution >= 0.6 is 0 Å². The van der Waals surface area contributed by atoms with Crippen LogP contribution in [0.25, 0.3) is 0 Å². The van der Waals surface area contributed by atoms with Gasteiger partial charge in [0.1, 0.15) is 11.6 Å². The van der Waals surface area contributed by atoms with Gasteiger partial charge in [-0.25, -0.2) is 4.39 Å². The number of alkyl halides is 6. The van der Waals surface area contributed by atoms with E-state index in [1.165, 1.54) is 7.11 Å². The molecule has 244 valence electrons. The van der Waals surface area contributed by atoms with Gasteiger partial charge >= 0.3 is 12.4 Å². The first-order valence-corrected chi connectivity index (χ1v) is 15.2. The van der Waals surface area contributed by atoms with Gasteiger partial charge in [-0.15, -0.1) is 0 Å². The van der Waals surface area contributed by atoms with Gasteiger partial charge in [-0.05, 0) is 92.7 Å². The Kier molecular flexibility index (Phi) is 9.51. The minimum absolute atomic E-state index is 0.0480. The van der Waals surface area contributed by atoms with E-state index in [9.17, 15) is 40.3 Å². The Bertz CT molecular complexity index is 1450. The van der Waals surface area contributed by atoms with Crippen molar-refractivity contribution in [2.24, 2.45) is 23.7 Å². The molecule has 0 heterocycles. The highest BCUT2D eigenvalue weighted by Crippen LogP contribution is 2.54. The van der Waals surface area contributed by atoms with Crippen LogP contribution in [-0.2, 0) is 17.4 Å². The standard InChI is InChI=1S/C33H35F7N2O3/c1-45-27-13-8-19(5-2-3-14-32(35,36)37)16-24(27)30(43)42-29-22-11-10-21(23(22)15-18-6-4-7-18)28(29)31(44)41-20-9-12-26(34)25(17-20)33(38,39)40/h8-9,12-13,15-18,21-22,28-29H,2-7,10-11,14H2,1H3,(H,41,44)(H,42,43)/b23-15-. The Balaban J connectivity index is 1.38. The number of halogens is 7. The van der Waals surface area contributed by atoms with E-state index >= 15 is 0 Å². The van der Waals surface area contributed by atoms with E-state index in [-0.39, 0.29) is 41.7 Å². The summed E-state index contributed by atoms with van der Waals surface area (Å²) in [4.78, 5) is 27.4. The first-order valence-electron chi connectivity index (χ1n) is 15.2. The lowest BCUT2D eigenvalue weighted by molar-refractivity contribution is -0.140. The van der Waals surface area contributed by atoms with Crippen molar-refractivity contribution < 1.29 is 45.1 Å². The Morgan fingerprint density at radius 1 is 0.956 bits per heavy atom. The van der Waals surface area contributed by atoms with Gasteiger partial charge in [0.25, 0.3) is 5.91 Å². The predicted molar refractivity (Wildman–Crippen MR) is 153 cm³/mol. The lowest BCUT2D eigenvalue weighted by Gasteiger charge is -2.30. The number of amides is 2. The van der Waals surface area contributed by atoms with E-state index < -0.39 is 53.9 Å². The molecule has 2 aromatic rings. The third kappa shape index (κ3) is 7.47. The summed E-state index contributed by atoms with van der Waals surface area (Å²) in [6, 6.07) is 6.46. The number of nitrogens with one attached hydrogen (secondary N) is 2. The second-order valence-corrected chi connectivity index (χ2v) is 12.2. The smallest absolute Gasteiger partial charge is 0.419 e. The van der Waals surface area contributed by atoms with Crippen LogP contribution in [0.2, 0.25) is 0 Å². The van der Waals surface area contributed by atoms with Crippen molar-refractivity contribution in [1.29, 1.82) is 0 Å². The van der Waals surface area contributed by atoms with Crippen LogP contribution in [0.3, 0.4) is 0 Å². The van der Waals surface area contributed by atoms with Crippen molar-refractivity contribution in [2.45, 2.75) is 76.2 Å². The first kappa shape index (κ1) is 32.8. The van der Waals surface area contributed by atoms with E-state index in [1.54, 1.807) is 18.2 Å². The number of aryl methyl sites for hydroxylation is 1. The minimum atomic E-state index is -4.95. The molecule has 2 aromatic carbocycles. The average molecular weight is 641 g/mol. The number of benzene rings is 2. The van der Waals surface area contributed by atoms with Crippen molar-refractivity contribution in [1.82, 2.24) is 5.32 Å². The zero-order valence-electron chi connectivity index (χ0n) is 24.7. The van der Waals surface area contributed by atoms with E-state index in [1.807, 2.05) is 0 Å². The zero-order valence-corrected chi connectivity index (χ0v) is 24.7. The molecular weight excluding hydrogens is 605 g/mol. The minimum Gasteiger partial charge on any atom is -0.496 e. The maximum atomic E-state index is 13.9. The van der Waals surface area contributed by atoms with Crippen molar-refractivity contribution >= 4 is 17.5 Å². The third-order valence-electron chi connectivity index (χ3n) is 9.30. The van der Waals surface area contributed by atoms with Gasteiger partial charge in [0.05, 0.1) is 24.2 Å². The molecule has 0 spiro atoms. The number of unbranched alkanes of at least 4 members (excludes halogenated alkanes) is 1. The number of carbonyl (C=O) groups is 2. The van der Waals surface area contributed by atoms with Gasteiger partial charge in [-0.1, -0.05) is 24.1 Å². The third-order valence-corrected chi connectivity index (χ3v) is 9.30. The summed E-state index contributed by atoms with van der Waals surface area (Å²) in [5.74, 6) is -3.06. The summed E-state index contributed by atoms with van der Waals surface area (Å²) in [5.41, 5.74) is 0.212. The Morgan fingerprint density at radius 2 is 1.69 bits per heavy atom. The number of hydrogen-bond acceptors (Lipinski definition) is 3. The Morgan fingerprint density at radius 3 is 2.33 bits per heavy atom. The summed E-state index contributed by atoms with van der Waals surface area (Å²) in [6.07, 6.45) is -2.77. The molecule has 5 nitrogen and oxygen atoms in total. The van der Waals surface area contributed by atoms with Crippen LogP contribution < -0.4 is 15.4 Å². The maximum absolute atomic E-state index is 13.9. The van der Waals surface area contributed by atoms with Gasteiger partial charge in [0, 0.05) is 24.1 Å². The summed E-state index contributed by atoms with van der Waals surface area (Å²) in [7, 11) is 1.39. The van der Waals surface area contributed by atoms with Crippen molar-refractivity contribution in [3.63, 3.8) is 0 Å². The maximum Gasteiger partial charge on any atom is 0.419 e. The Hall–Kier alpha value is -3.57. The predicted octanol–water partition coefficient (Wildman–Crippen LogP) is 8.25. The van der Waals surface area contributed by atoms with Gasteiger partial charge in [0.2, 0.25) is 5.91 Å². The number of hydrogen-bond donors (Lipinski definition) is 2. The van der Waals surface area contributed by atoms with Gasteiger partial charge in [-0.2, -0.15) is 26.3 Å². The van der Waals surface area contributed by atoms with Crippen LogP contribution in [0.4, 0.5) is 36.4 Å². The first-order chi connectivity index (χ1) is 21.2. The van der Waals surface area contributed by atoms with E-state index in [2.05, 4.69) is 16.7 Å². The fourth-order valence-corrected chi connectivity index (χ4v) is 6.92. The lowest BCUT2D eigenvalue weighted by Crippen LogP contribution is -2.48. The normalized spacial score (nSPS) is 24.0. The molecule has 0 radical (unpaired) electrons. The van der Waals surface area contributed by atoms with Crippen molar-refractivity contribution in [3.8, 4) is 5.75 Å². The molecule has 45 heavy (non-hydrogen) atoms. The van der Waals surface area contributed by atoms with Crippen molar-refractivity contribution in [2.75, 3.05) is 12.4 Å². The average Bonchev–Trinajstić information content (AvgIpc) is 3.47. The van der Waals surface area contributed by atoms with Crippen LogP contribution in [0, 0.1) is 29.5 Å². The van der Waals surface area contributed by atoms with Crippen molar-refractivity contribution in [3.05, 3.63) is 70.6 Å². The molecule has 12 heteroatoms. The lowest BCUT2D eigenvalue weighted by atomic mass is 9.82. The largest absolute Gasteiger partial charge is 0.496 e. The Labute approximate surface area is 256 Å². The fourth-order valence-electron chi connectivity index (χ4n) is 6.92. The molecule has 2 bridgehead atoms. The molecule has 4 atom stereocenters. The fraction of sp³-hybridized carbons (Fsp3) is 0.515. The monoisotopic (exact) mass is 640 g/mol. The van der Waals surface area contributed by atoms with Gasteiger partial charge in [0.15, 0.2) is 0 Å². The topological polar surface area (TPSA) is 67.4 Å². The number of fused-ring (bicyclic) bond motifs is 2. The van der Waals surface area contributed by atoms with Crippen LogP contribution in [-0.4, -0.2) is 31.1 Å². The van der Waals surface area contributed by atoms with Crippen LogP contribution in [0.5, 0.6) is 5.75 Å². The summed E-state index contributed by atoms with van der Waals surface area (Å²) < 4.78 is 96.9. The molecule has 2 amide bonds. The molecule has 3 fully saturated rings. The van der Waals surface area contributed by atoms with E-state index in [4.69, 9.17) is 4.74 Å². The molecule has 5 rings (SSSR count). The second-order valence-electron chi connectivity index (χ2n) is 12.2. The number of allylic oxidation sites excluding steroid dienone is 1. The molecule has 0 aromatic heterocycles. The number of anilines is 1. The molecule has 3 aliphatic rings. The highest BCUT2D eigenvalue weighted by molar-refractivity contribution is 5.99. The highest BCUT2D eigenvalue weighted by Gasteiger charge is 2.55. The SMILES string of the molecule is COc1ccc(CCCCC(F)(F)F)cc1C(=O)NC1C2CCC(/C2=C/C2CCC2)C1C(=O)Nc1ccc(F)c(C(F)(F)F)c1. The second kappa shape index (κ2) is 13.0. The number of ether oxygens (including phenoxy) is 1.